The van der Waals surface area contributed by atoms with Crippen LogP contribution < -0.4 is 0 Å². The molecule has 0 N–H and O–H groups in total. The van der Waals surface area contributed by atoms with Crippen molar-refractivity contribution in [3.63, 3.8) is 0 Å². The minimum Gasteiger partial charge on any atom is -0.466 e. The van der Waals surface area contributed by atoms with E-state index in [1.165, 1.54) is 0 Å². The lowest BCUT2D eigenvalue weighted by Gasteiger charge is -2.22. The lowest BCUT2D eigenvalue weighted by Crippen LogP contribution is -2.33. The van der Waals surface area contributed by atoms with Crippen molar-refractivity contribution >= 4 is 11.9 Å². The molecule has 6 heteroatoms. The predicted molar refractivity (Wildman–Crippen MR) is 75.6 cm³/mol. The quantitative estimate of drug-likeness (QED) is 0.455. The highest BCUT2D eigenvalue weighted by Gasteiger charge is 2.18. The molecule has 0 unspecified atom stereocenters. The number of carbonyl (C=O) groups excluding carboxylic acids is 2. The van der Waals surface area contributed by atoms with Gasteiger partial charge in [-0.3, -0.25) is 9.59 Å². The molecule has 1 heterocycles. The Balaban J connectivity index is 1.95. The third-order valence-corrected chi connectivity index (χ3v) is 3.10. The SMILES string of the molecule is CCCCCOC(=O)CCCCC(=O)OC1COCOC1. The zero-order chi connectivity index (χ0) is 15.3. The molecule has 0 aromatic rings. The highest BCUT2D eigenvalue weighted by molar-refractivity contribution is 5.70. The van der Waals surface area contributed by atoms with E-state index in [9.17, 15) is 9.59 Å². The second-order valence-electron chi connectivity index (χ2n) is 5.11. The van der Waals surface area contributed by atoms with Gasteiger partial charge < -0.3 is 18.9 Å². The Kier molecular flexibility index (Phi) is 9.82. The lowest BCUT2D eigenvalue weighted by atomic mass is 10.2. The molecule has 0 saturated carbocycles. The number of ether oxygens (including phenoxy) is 4. The maximum absolute atomic E-state index is 11.6. The van der Waals surface area contributed by atoms with Crippen LogP contribution in [0.1, 0.15) is 51.9 Å². The molecule has 1 saturated heterocycles. The monoisotopic (exact) mass is 302 g/mol. The zero-order valence-electron chi connectivity index (χ0n) is 12.8. The summed E-state index contributed by atoms with van der Waals surface area (Å²) in [6.07, 6.45) is 4.71. The maximum Gasteiger partial charge on any atom is 0.306 e. The molecule has 1 aliphatic rings. The van der Waals surface area contributed by atoms with E-state index in [0.29, 0.717) is 45.5 Å². The van der Waals surface area contributed by atoms with Crippen molar-refractivity contribution in [2.75, 3.05) is 26.6 Å². The van der Waals surface area contributed by atoms with Crippen LogP contribution in [0, 0.1) is 0 Å². The Hall–Kier alpha value is -1.14. The first-order chi connectivity index (χ1) is 10.2. The topological polar surface area (TPSA) is 71.1 Å². The molecule has 0 spiro atoms. The molecule has 0 aliphatic carbocycles. The number of rotatable bonds is 10. The largest absolute Gasteiger partial charge is 0.466 e. The third kappa shape index (κ3) is 9.42. The minimum atomic E-state index is -0.310. The van der Waals surface area contributed by atoms with E-state index in [2.05, 4.69) is 6.92 Å². The molecule has 122 valence electrons. The Labute approximate surface area is 126 Å². The number of hydrogen-bond donors (Lipinski definition) is 0. The first kappa shape index (κ1) is 17.9. The molecule has 0 radical (unpaired) electrons. The summed E-state index contributed by atoms with van der Waals surface area (Å²) in [6.45, 7) is 3.63. The Bertz CT molecular complexity index is 299. The Morgan fingerprint density at radius 2 is 1.67 bits per heavy atom. The van der Waals surface area contributed by atoms with Crippen LogP contribution in [0.3, 0.4) is 0 Å². The van der Waals surface area contributed by atoms with Gasteiger partial charge in [0.2, 0.25) is 0 Å². The summed E-state index contributed by atoms with van der Waals surface area (Å²) in [4.78, 5) is 22.9. The fourth-order valence-corrected chi connectivity index (χ4v) is 1.93. The summed E-state index contributed by atoms with van der Waals surface area (Å²) in [5.74, 6) is -0.459. The Morgan fingerprint density at radius 1 is 1.00 bits per heavy atom. The van der Waals surface area contributed by atoms with Gasteiger partial charge in [0.1, 0.15) is 12.9 Å². The lowest BCUT2D eigenvalue weighted by molar-refractivity contribution is -0.183. The number of esters is 2. The molecule has 1 fully saturated rings. The fourth-order valence-electron chi connectivity index (χ4n) is 1.93. The van der Waals surface area contributed by atoms with Gasteiger partial charge in [0, 0.05) is 12.8 Å². The molecule has 21 heavy (non-hydrogen) atoms. The minimum absolute atomic E-state index is 0.187. The van der Waals surface area contributed by atoms with E-state index >= 15 is 0 Å². The van der Waals surface area contributed by atoms with E-state index in [-0.39, 0.29) is 24.8 Å². The van der Waals surface area contributed by atoms with Gasteiger partial charge >= 0.3 is 11.9 Å². The smallest absolute Gasteiger partial charge is 0.306 e. The molecular weight excluding hydrogens is 276 g/mol. The number of carbonyl (C=O) groups is 2. The van der Waals surface area contributed by atoms with Gasteiger partial charge in [0.15, 0.2) is 0 Å². The summed E-state index contributed by atoms with van der Waals surface area (Å²) >= 11 is 0. The maximum atomic E-state index is 11.6. The molecule has 0 atom stereocenters. The van der Waals surface area contributed by atoms with Crippen LogP contribution in [0.2, 0.25) is 0 Å². The van der Waals surface area contributed by atoms with Crippen molar-refractivity contribution in [2.45, 2.75) is 58.0 Å². The number of hydrogen-bond acceptors (Lipinski definition) is 6. The van der Waals surface area contributed by atoms with Crippen LogP contribution in [0.25, 0.3) is 0 Å². The van der Waals surface area contributed by atoms with Crippen LogP contribution in [-0.4, -0.2) is 44.7 Å². The van der Waals surface area contributed by atoms with Crippen LogP contribution in [0.5, 0.6) is 0 Å². The van der Waals surface area contributed by atoms with Crippen molar-refractivity contribution in [3.8, 4) is 0 Å². The normalized spacial score (nSPS) is 15.7. The zero-order valence-corrected chi connectivity index (χ0v) is 12.8. The van der Waals surface area contributed by atoms with E-state index < -0.39 is 0 Å². The first-order valence-corrected chi connectivity index (χ1v) is 7.73. The van der Waals surface area contributed by atoms with Gasteiger partial charge in [-0.2, -0.15) is 0 Å². The highest BCUT2D eigenvalue weighted by atomic mass is 16.7. The van der Waals surface area contributed by atoms with Crippen molar-refractivity contribution in [1.29, 1.82) is 0 Å². The van der Waals surface area contributed by atoms with Crippen LogP contribution in [0.15, 0.2) is 0 Å². The standard InChI is InChI=1S/C15H26O6/c1-2-3-6-9-20-14(16)7-4-5-8-15(17)21-13-10-18-12-19-11-13/h13H,2-12H2,1H3. The van der Waals surface area contributed by atoms with Crippen molar-refractivity contribution < 1.29 is 28.5 Å². The second-order valence-corrected chi connectivity index (χ2v) is 5.11. The summed E-state index contributed by atoms with van der Waals surface area (Å²) in [5.41, 5.74) is 0. The fraction of sp³-hybridized carbons (Fsp3) is 0.867. The van der Waals surface area contributed by atoms with Gasteiger partial charge in [0.25, 0.3) is 0 Å². The molecule has 0 aromatic heterocycles. The van der Waals surface area contributed by atoms with Crippen molar-refractivity contribution in [2.24, 2.45) is 0 Å². The third-order valence-electron chi connectivity index (χ3n) is 3.10. The van der Waals surface area contributed by atoms with Gasteiger partial charge in [-0.05, 0) is 19.3 Å². The predicted octanol–water partition coefficient (Wildman–Crippen LogP) is 2.20. The summed E-state index contributed by atoms with van der Waals surface area (Å²) in [5, 5.41) is 0. The molecule has 1 rings (SSSR count). The molecule has 0 amide bonds. The molecular formula is C15H26O6. The van der Waals surface area contributed by atoms with E-state index in [1.807, 2.05) is 0 Å². The second kappa shape index (κ2) is 11.5. The average Bonchev–Trinajstić information content (AvgIpc) is 2.49. The molecule has 1 aliphatic heterocycles. The average molecular weight is 302 g/mol. The van der Waals surface area contributed by atoms with E-state index in [4.69, 9.17) is 18.9 Å². The van der Waals surface area contributed by atoms with Crippen molar-refractivity contribution in [1.82, 2.24) is 0 Å². The van der Waals surface area contributed by atoms with Crippen LogP contribution >= 0.6 is 0 Å². The molecule has 6 nitrogen and oxygen atoms in total. The first-order valence-electron chi connectivity index (χ1n) is 7.73. The van der Waals surface area contributed by atoms with Gasteiger partial charge in [-0.15, -0.1) is 0 Å². The van der Waals surface area contributed by atoms with Crippen molar-refractivity contribution in [3.05, 3.63) is 0 Å². The van der Waals surface area contributed by atoms with Crippen LogP contribution in [0.4, 0.5) is 0 Å². The van der Waals surface area contributed by atoms with Crippen LogP contribution in [-0.2, 0) is 28.5 Å². The number of unbranched alkanes of at least 4 members (excludes halogenated alkanes) is 3. The highest BCUT2D eigenvalue weighted by Crippen LogP contribution is 2.07. The summed E-state index contributed by atoms with van der Waals surface area (Å²) in [6, 6.07) is 0. The van der Waals surface area contributed by atoms with Gasteiger partial charge in [-0.1, -0.05) is 19.8 Å². The summed E-state index contributed by atoms with van der Waals surface area (Å²) in [7, 11) is 0. The van der Waals surface area contributed by atoms with Gasteiger partial charge in [0.05, 0.1) is 19.8 Å². The van der Waals surface area contributed by atoms with E-state index in [0.717, 1.165) is 19.3 Å². The molecule has 0 bridgehead atoms. The van der Waals surface area contributed by atoms with Gasteiger partial charge in [-0.25, -0.2) is 0 Å². The van der Waals surface area contributed by atoms with E-state index in [1.54, 1.807) is 0 Å². The molecule has 0 aromatic carbocycles. The summed E-state index contributed by atoms with van der Waals surface area (Å²) < 4.78 is 20.3. The Morgan fingerprint density at radius 3 is 2.33 bits per heavy atom.